The molecule has 1 aromatic heterocycles. The second-order valence-corrected chi connectivity index (χ2v) is 2.73. The summed E-state index contributed by atoms with van der Waals surface area (Å²) in [5.41, 5.74) is 0. The lowest BCUT2D eigenvalue weighted by Gasteiger charge is -1.86. The van der Waals surface area contributed by atoms with Gasteiger partial charge < -0.3 is 5.32 Å². The summed E-state index contributed by atoms with van der Waals surface area (Å²) in [4.78, 5) is 0. The normalized spacial score (nSPS) is 9.25. The zero-order valence-electron chi connectivity index (χ0n) is 4.44. The van der Waals surface area contributed by atoms with E-state index in [0.29, 0.717) is 0 Å². The van der Waals surface area contributed by atoms with E-state index in [1.165, 1.54) is 0 Å². The van der Waals surface area contributed by atoms with Gasteiger partial charge in [0.15, 0.2) is 0 Å². The van der Waals surface area contributed by atoms with Crippen LogP contribution in [0.3, 0.4) is 0 Å². The van der Waals surface area contributed by atoms with E-state index in [-0.39, 0.29) is 0 Å². The molecular weight excluding hydrogens is 142 g/mol. The highest BCUT2D eigenvalue weighted by Crippen LogP contribution is 2.22. The van der Waals surface area contributed by atoms with Gasteiger partial charge in [-0.1, -0.05) is 11.6 Å². The largest absolute Gasteiger partial charge is 0.380 e. The van der Waals surface area contributed by atoms with Crippen LogP contribution < -0.4 is 5.32 Å². The second kappa shape index (κ2) is 2.37. The van der Waals surface area contributed by atoms with Gasteiger partial charge in [0.05, 0.1) is 10.0 Å². The molecule has 44 valence electrons. The van der Waals surface area contributed by atoms with Gasteiger partial charge in [-0.15, -0.1) is 11.3 Å². The third-order valence-electron chi connectivity index (χ3n) is 0.814. The van der Waals surface area contributed by atoms with Crippen LogP contribution in [0.4, 0.5) is 5.00 Å². The molecule has 0 fully saturated rings. The molecule has 0 saturated carbocycles. The second-order valence-electron chi connectivity index (χ2n) is 1.38. The molecule has 0 amide bonds. The van der Waals surface area contributed by atoms with E-state index < -0.39 is 0 Å². The van der Waals surface area contributed by atoms with Crippen LogP contribution in [0.15, 0.2) is 11.4 Å². The fourth-order valence-electron chi connectivity index (χ4n) is 0.444. The Morgan fingerprint density at radius 1 is 1.75 bits per heavy atom. The lowest BCUT2D eigenvalue weighted by atomic mass is 10.6. The maximum atomic E-state index is 5.61. The molecule has 0 aliphatic heterocycles. The van der Waals surface area contributed by atoms with E-state index in [1.54, 1.807) is 11.3 Å². The van der Waals surface area contributed by atoms with Crippen LogP contribution in [0.1, 0.15) is 0 Å². The number of hydrogen-bond acceptors (Lipinski definition) is 2. The highest BCUT2D eigenvalue weighted by Gasteiger charge is 1.90. The van der Waals surface area contributed by atoms with Gasteiger partial charge in [-0.25, -0.2) is 0 Å². The summed E-state index contributed by atoms with van der Waals surface area (Å²) >= 11 is 7.22. The molecule has 0 aromatic carbocycles. The lowest BCUT2D eigenvalue weighted by Crippen LogP contribution is -1.79. The molecule has 3 heteroatoms. The van der Waals surface area contributed by atoms with Crippen LogP contribution in [0.5, 0.6) is 0 Å². The molecule has 0 atom stereocenters. The van der Waals surface area contributed by atoms with E-state index in [1.807, 2.05) is 18.5 Å². The Bertz CT molecular complexity index is 173. The molecule has 0 unspecified atom stereocenters. The lowest BCUT2D eigenvalue weighted by molar-refractivity contribution is 1.60. The van der Waals surface area contributed by atoms with Crippen LogP contribution in [-0.2, 0) is 0 Å². The third kappa shape index (κ3) is 1.14. The van der Waals surface area contributed by atoms with Gasteiger partial charge in [-0.3, -0.25) is 0 Å². The van der Waals surface area contributed by atoms with Gasteiger partial charge in [0, 0.05) is 12.4 Å². The molecule has 0 bridgehead atoms. The molecule has 1 heterocycles. The molecular formula is C5H6ClNS. The maximum Gasteiger partial charge on any atom is 0.0895 e. The first-order valence-electron chi connectivity index (χ1n) is 2.24. The van der Waals surface area contributed by atoms with E-state index in [4.69, 9.17) is 11.6 Å². The summed E-state index contributed by atoms with van der Waals surface area (Å²) in [7, 11) is 1.88. The van der Waals surface area contributed by atoms with Crippen molar-refractivity contribution in [2.24, 2.45) is 0 Å². The van der Waals surface area contributed by atoms with Crippen molar-refractivity contribution in [3.8, 4) is 0 Å². The smallest absolute Gasteiger partial charge is 0.0895 e. The number of rotatable bonds is 1. The van der Waals surface area contributed by atoms with Gasteiger partial charge in [0.2, 0.25) is 0 Å². The highest BCUT2D eigenvalue weighted by molar-refractivity contribution is 7.14. The van der Waals surface area contributed by atoms with Crippen molar-refractivity contribution in [1.82, 2.24) is 0 Å². The van der Waals surface area contributed by atoms with Crippen molar-refractivity contribution in [2.75, 3.05) is 12.4 Å². The molecule has 0 radical (unpaired) electrons. The minimum absolute atomic E-state index is 0.805. The van der Waals surface area contributed by atoms with Crippen LogP contribution in [0.2, 0.25) is 5.02 Å². The number of thiophene rings is 1. The monoisotopic (exact) mass is 147 g/mol. The molecule has 1 nitrogen and oxygen atoms in total. The summed E-state index contributed by atoms with van der Waals surface area (Å²) in [5, 5.41) is 6.79. The summed E-state index contributed by atoms with van der Waals surface area (Å²) in [6, 6.07) is 1.90. The Labute approximate surface area is 57.3 Å². The van der Waals surface area contributed by atoms with Crippen molar-refractivity contribution < 1.29 is 0 Å². The summed E-state index contributed by atoms with van der Waals surface area (Å²) in [6.07, 6.45) is 0. The van der Waals surface area contributed by atoms with Crippen molar-refractivity contribution >= 4 is 27.9 Å². The van der Waals surface area contributed by atoms with Crippen LogP contribution in [0, 0.1) is 0 Å². The first-order chi connectivity index (χ1) is 3.83. The molecule has 0 saturated heterocycles. The predicted molar refractivity (Wildman–Crippen MR) is 38.9 cm³/mol. The van der Waals surface area contributed by atoms with Crippen LogP contribution >= 0.6 is 22.9 Å². The highest BCUT2D eigenvalue weighted by atomic mass is 35.5. The van der Waals surface area contributed by atoms with Crippen LogP contribution in [0.25, 0.3) is 0 Å². The minimum Gasteiger partial charge on any atom is -0.380 e. The number of halogens is 1. The molecule has 1 aromatic rings. The van der Waals surface area contributed by atoms with E-state index in [9.17, 15) is 0 Å². The van der Waals surface area contributed by atoms with Crippen molar-refractivity contribution in [1.29, 1.82) is 0 Å². The Hall–Kier alpha value is -0.210. The molecule has 8 heavy (non-hydrogen) atoms. The molecule has 1 N–H and O–H groups in total. The molecule has 0 aliphatic carbocycles. The van der Waals surface area contributed by atoms with Crippen molar-refractivity contribution in [2.45, 2.75) is 0 Å². The zero-order chi connectivity index (χ0) is 5.98. The van der Waals surface area contributed by atoms with Gasteiger partial charge in [0.1, 0.15) is 0 Å². The van der Waals surface area contributed by atoms with Gasteiger partial charge in [-0.2, -0.15) is 0 Å². The summed E-state index contributed by atoms with van der Waals surface area (Å²) in [5.74, 6) is 0. The SMILES string of the molecule is CNc1cc(Cl)cs1. The number of hydrogen-bond donors (Lipinski definition) is 1. The molecule has 0 spiro atoms. The Morgan fingerprint density at radius 3 is 2.75 bits per heavy atom. The average Bonchev–Trinajstić information content (AvgIpc) is 2.14. The number of nitrogens with one attached hydrogen (secondary N) is 1. The number of anilines is 1. The maximum absolute atomic E-state index is 5.61. The summed E-state index contributed by atoms with van der Waals surface area (Å²) in [6.45, 7) is 0. The standard InChI is InChI=1S/C5H6ClNS/c1-7-5-2-4(6)3-8-5/h2-3,7H,1H3. The first kappa shape index (κ1) is 5.92. The predicted octanol–water partition coefficient (Wildman–Crippen LogP) is 2.44. The first-order valence-corrected chi connectivity index (χ1v) is 3.50. The van der Waals surface area contributed by atoms with Crippen molar-refractivity contribution in [3.63, 3.8) is 0 Å². The van der Waals surface area contributed by atoms with Crippen LogP contribution in [-0.4, -0.2) is 7.05 Å². The Kier molecular flexibility index (Phi) is 1.76. The Morgan fingerprint density at radius 2 is 2.50 bits per heavy atom. The average molecular weight is 148 g/mol. The quantitative estimate of drug-likeness (QED) is 0.644. The van der Waals surface area contributed by atoms with Gasteiger partial charge >= 0.3 is 0 Å². The van der Waals surface area contributed by atoms with E-state index in [2.05, 4.69) is 5.32 Å². The van der Waals surface area contributed by atoms with E-state index in [0.717, 1.165) is 10.0 Å². The molecule has 1 rings (SSSR count). The van der Waals surface area contributed by atoms with Gasteiger partial charge in [-0.05, 0) is 6.07 Å². The zero-order valence-corrected chi connectivity index (χ0v) is 6.01. The minimum atomic E-state index is 0.805. The fraction of sp³-hybridized carbons (Fsp3) is 0.200. The Balaban J connectivity index is 2.84. The van der Waals surface area contributed by atoms with E-state index >= 15 is 0 Å². The van der Waals surface area contributed by atoms with Crippen molar-refractivity contribution in [3.05, 3.63) is 16.5 Å². The fourth-order valence-corrected chi connectivity index (χ4v) is 1.37. The molecule has 0 aliphatic rings. The van der Waals surface area contributed by atoms with Gasteiger partial charge in [0.25, 0.3) is 0 Å². The topological polar surface area (TPSA) is 12.0 Å². The third-order valence-corrected chi connectivity index (χ3v) is 2.11. The summed E-state index contributed by atoms with van der Waals surface area (Å²) < 4.78 is 0.